The third-order valence-corrected chi connectivity index (χ3v) is 5.02. The van der Waals surface area contributed by atoms with E-state index in [1.165, 1.54) is 6.07 Å². The summed E-state index contributed by atoms with van der Waals surface area (Å²) in [4.78, 5) is 15.3. The predicted octanol–water partition coefficient (Wildman–Crippen LogP) is 4.95. The van der Waals surface area contributed by atoms with Crippen molar-refractivity contribution in [3.05, 3.63) is 64.4 Å². The molecule has 0 fully saturated rings. The Kier molecular flexibility index (Phi) is 4.05. The lowest BCUT2D eigenvalue weighted by Gasteiger charge is -2.01. The van der Waals surface area contributed by atoms with Crippen LogP contribution in [0.25, 0.3) is 21.8 Å². The van der Waals surface area contributed by atoms with E-state index in [1.807, 2.05) is 25.1 Å². The molecule has 4 aromatic heterocycles. The Morgan fingerprint density at radius 2 is 2.04 bits per heavy atom. The number of fused-ring (bicyclic) bond motifs is 1. The van der Waals surface area contributed by atoms with Gasteiger partial charge in [-0.15, -0.1) is 11.3 Å². The van der Waals surface area contributed by atoms with Gasteiger partial charge in [-0.1, -0.05) is 6.92 Å². The van der Waals surface area contributed by atoms with E-state index < -0.39 is 0 Å². The number of hydrogen-bond acceptors (Lipinski definition) is 5. The summed E-state index contributed by atoms with van der Waals surface area (Å²) in [6, 6.07) is 8.86. The minimum Gasteiger partial charge on any atom is -0.458 e. The maximum Gasteiger partial charge on any atom is 0.197 e. The van der Waals surface area contributed by atoms with Crippen LogP contribution in [0.5, 0.6) is 0 Å². The first-order chi connectivity index (χ1) is 12.1. The van der Waals surface area contributed by atoms with Gasteiger partial charge in [-0.3, -0.25) is 4.98 Å². The van der Waals surface area contributed by atoms with Crippen molar-refractivity contribution in [3.63, 3.8) is 0 Å². The molecule has 4 heterocycles. The molecule has 0 N–H and O–H groups in total. The van der Waals surface area contributed by atoms with Crippen LogP contribution in [-0.2, 0) is 12.8 Å². The fraction of sp³-hybridized carbons (Fsp3) is 0.211. The van der Waals surface area contributed by atoms with Gasteiger partial charge in [0.2, 0.25) is 0 Å². The number of halogens is 1. The number of hydrogen-bond donors (Lipinski definition) is 0. The summed E-state index contributed by atoms with van der Waals surface area (Å²) < 4.78 is 19.5. The summed E-state index contributed by atoms with van der Waals surface area (Å²) in [6.07, 6.45) is 2.85. The zero-order valence-corrected chi connectivity index (χ0v) is 14.7. The number of furan rings is 1. The molecule has 4 nitrogen and oxygen atoms in total. The van der Waals surface area contributed by atoms with E-state index >= 15 is 0 Å². The lowest BCUT2D eigenvalue weighted by atomic mass is 10.2. The van der Waals surface area contributed by atoms with Crippen LogP contribution in [-0.4, -0.2) is 15.0 Å². The second-order valence-corrected chi connectivity index (χ2v) is 6.91. The number of rotatable bonds is 4. The average molecular weight is 353 g/mol. The zero-order chi connectivity index (χ0) is 17.4. The van der Waals surface area contributed by atoms with Crippen LogP contribution in [0.15, 0.2) is 40.9 Å². The fourth-order valence-corrected chi connectivity index (χ4v) is 3.82. The molecule has 0 amide bonds. The maximum absolute atomic E-state index is 13.9. The highest BCUT2D eigenvalue weighted by Crippen LogP contribution is 2.31. The molecular weight excluding hydrogens is 337 g/mol. The van der Waals surface area contributed by atoms with Crippen molar-refractivity contribution in [2.75, 3.05) is 0 Å². The highest BCUT2D eigenvalue weighted by Gasteiger charge is 2.15. The Labute approximate surface area is 148 Å². The Balaban J connectivity index is 1.78. The molecule has 25 heavy (non-hydrogen) atoms. The molecule has 126 valence electrons. The van der Waals surface area contributed by atoms with Gasteiger partial charge in [0.25, 0.3) is 0 Å². The predicted molar refractivity (Wildman–Crippen MR) is 96.2 cm³/mol. The van der Waals surface area contributed by atoms with Gasteiger partial charge in [-0.2, -0.15) is 0 Å². The summed E-state index contributed by atoms with van der Waals surface area (Å²) in [7, 11) is 0. The number of thiophene rings is 1. The smallest absolute Gasteiger partial charge is 0.197 e. The molecule has 0 radical (unpaired) electrons. The largest absolute Gasteiger partial charge is 0.458 e. The molecule has 0 aromatic carbocycles. The molecule has 0 spiro atoms. The third-order valence-electron chi connectivity index (χ3n) is 3.99. The molecule has 0 aliphatic rings. The Morgan fingerprint density at radius 1 is 1.16 bits per heavy atom. The van der Waals surface area contributed by atoms with Gasteiger partial charge in [0.15, 0.2) is 11.6 Å². The minimum atomic E-state index is -0.284. The third kappa shape index (κ3) is 3.05. The number of pyridine rings is 1. The monoisotopic (exact) mass is 353 g/mol. The maximum atomic E-state index is 13.9. The van der Waals surface area contributed by atoms with E-state index in [-0.39, 0.29) is 5.82 Å². The summed E-state index contributed by atoms with van der Waals surface area (Å²) >= 11 is 1.55. The number of nitrogens with zero attached hydrogens (tertiary/aromatic N) is 3. The van der Waals surface area contributed by atoms with Crippen LogP contribution in [0, 0.1) is 12.7 Å². The first-order valence-corrected chi connectivity index (χ1v) is 8.91. The standard InChI is InChI=1S/C19H16FN3OS/c1-3-15-13-9-12(10-16-14(20)5-4-8-21-16)25-19(13)23-18(22-15)17-7-6-11(2)24-17/h4-9H,3,10H2,1-2H3. The summed E-state index contributed by atoms with van der Waals surface area (Å²) in [5.41, 5.74) is 1.42. The molecule has 0 saturated heterocycles. The second kappa shape index (κ2) is 6.37. The molecule has 0 aliphatic heterocycles. The fourth-order valence-electron chi connectivity index (χ4n) is 2.77. The quantitative estimate of drug-likeness (QED) is 0.521. The molecule has 0 unspecified atom stereocenters. The second-order valence-electron chi connectivity index (χ2n) is 5.80. The molecule has 0 bridgehead atoms. The zero-order valence-electron chi connectivity index (χ0n) is 13.9. The van der Waals surface area contributed by atoms with Gasteiger partial charge in [0.05, 0.1) is 11.4 Å². The highest BCUT2D eigenvalue weighted by atomic mass is 32.1. The lowest BCUT2D eigenvalue weighted by Crippen LogP contribution is -1.94. The first kappa shape index (κ1) is 15.9. The molecule has 4 rings (SSSR count). The SMILES string of the molecule is CCc1nc(-c2ccc(C)o2)nc2sc(Cc3ncccc3F)cc12. The summed E-state index contributed by atoms with van der Waals surface area (Å²) in [5, 5.41) is 1.02. The van der Waals surface area contributed by atoms with Gasteiger partial charge < -0.3 is 4.42 Å². The average Bonchev–Trinajstić information content (AvgIpc) is 3.21. The molecule has 0 atom stereocenters. The van der Waals surface area contributed by atoms with Crippen LogP contribution < -0.4 is 0 Å². The van der Waals surface area contributed by atoms with Gasteiger partial charge in [-0.25, -0.2) is 14.4 Å². The first-order valence-electron chi connectivity index (χ1n) is 8.09. The normalized spacial score (nSPS) is 11.3. The van der Waals surface area contributed by atoms with Crippen LogP contribution >= 0.6 is 11.3 Å². The molecule has 0 aliphatic carbocycles. The van der Waals surface area contributed by atoms with E-state index in [4.69, 9.17) is 4.42 Å². The van der Waals surface area contributed by atoms with E-state index in [2.05, 4.69) is 21.9 Å². The van der Waals surface area contributed by atoms with Crippen molar-refractivity contribution >= 4 is 21.6 Å². The molecule has 4 aromatic rings. The molecule has 6 heteroatoms. The van der Waals surface area contributed by atoms with Crippen molar-refractivity contribution in [2.45, 2.75) is 26.7 Å². The van der Waals surface area contributed by atoms with Gasteiger partial charge in [0, 0.05) is 22.9 Å². The Morgan fingerprint density at radius 3 is 2.76 bits per heavy atom. The highest BCUT2D eigenvalue weighted by molar-refractivity contribution is 7.18. The number of aryl methyl sites for hydroxylation is 2. The van der Waals surface area contributed by atoms with Gasteiger partial charge >= 0.3 is 0 Å². The summed E-state index contributed by atoms with van der Waals surface area (Å²) in [6.45, 7) is 3.96. The van der Waals surface area contributed by atoms with Crippen molar-refractivity contribution in [2.24, 2.45) is 0 Å². The Hall–Kier alpha value is -2.60. The van der Waals surface area contributed by atoms with E-state index in [9.17, 15) is 4.39 Å². The van der Waals surface area contributed by atoms with Crippen LogP contribution in [0.4, 0.5) is 4.39 Å². The van der Waals surface area contributed by atoms with Crippen molar-refractivity contribution in [1.29, 1.82) is 0 Å². The summed E-state index contributed by atoms with van der Waals surface area (Å²) in [5.74, 6) is 1.80. The van der Waals surface area contributed by atoms with Crippen molar-refractivity contribution in [1.82, 2.24) is 15.0 Å². The van der Waals surface area contributed by atoms with Crippen LogP contribution in [0.2, 0.25) is 0 Å². The van der Waals surface area contributed by atoms with Crippen molar-refractivity contribution < 1.29 is 8.81 Å². The topological polar surface area (TPSA) is 51.8 Å². The van der Waals surface area contributed by atoms with E-state index in [1.54, 1.807) is 23.6 Å². The molecular formula is C19H16FN3OS. The van der Waals surface area contributed by atoms with Crippen molar-refractivity contribution in [3.8, 4) is 11.6 Å². The number of aromatic nitrogens is 3. The van der Waals surface area contributed by atoms with Crippen LogP contribution in [0.1, 0.15) is 28.9 Å². The Bertz CT molecular complexity index is 1050. The molecule has 0 saturated carbocycles. The van der Waals surface area contributed by atoms with Gasteiger partial charge in [-0.05, 0) is 43.7 Å². The minimum absolute atomic E-state index is 0.284. The van der Waals surface area contributed by atoms with Crippen LogP contribution in [0.3, 0.4) is 0 Å². The van der Waals surface area contributed by atoms with E-state index in [0.717, 1.165) is 33.0 Å². The van der Waals surface area contributed by atoms with Gasteiger partial charge in [0.1, 0.15) is 16.4 Å². The van der Waals surface area contributed by atoms with E-state index in [0.29, 0.717) is 23.7 Å². The lowest BCUT2D eigenvalue weighted by molar-refractivity contribution is 0.544.